The third-order valence-electron chi connectivity index (χ3n) is 6.79. The number of rotatable bonds is 5. The summed E-state index contributed by atoms with van der Waals surface area (Å²) in [6.07, 6.45) is 11.2. The van der Waals surface area contributed by atoms with E-state index in [4.69, 9.17) is 0 Å². The summed E-state index contributed by atoms with van der Waals surface area (Å²) in [7, 11) is 0. The third-order valence-corrected chi connectivity index (χ3v) is 6.79. The van der Waals surface area contributed by atoms with Gasteiger partial charge in [0, 0.05) is 17.9 Å². The first kappa shape index (κ1) is 15.2. The normalized spacial score (nSPS) is 36.2. The van der Waals surface area contributed by atoms with E-state index in [1.54, 1.807) is 10.9 Å². The second-order valence-corrected chi connectivity index (χ2v) is 8.44. The van der Waals surface area contributed by atoms with Gasteiger partial charge in [-0.15, -0.1) is 0 Å². The molecule has 4 nitrogen and oxygen atoms in total. The molecule has 1 atom stereocenters. The third kappa shape index (κ3) is 2.70. The Morgan fingerprint density at radius 1 is 1.30 bits per heavy atom. The zero-order chi connectivity index (χ0) is 16.0. The van der Waals surface area contributed by atoms with Crippen LogP contribution in [0.25, 0.3) is 0 Å². The van der Waals surface area contributed by atoms with Crippen LogP contribution in [0.5, 0.6) is 0 Å². The van der Waals surface area contributed by atoms with Crippen molar-refractivity contribution in [2.75, 3.05) is 0 Å². The lowest BCUT2D eigenvalue weighted by atomic mass is 9.47. The molecule has 0 radical (unpaired) electrons. The monoisotopic (exact) mass is 315 g/mol. The van der Waals surface area contributed by atoms with Crippen molar-refractivity contribution in [3.8, 4) is 0 Å². The number of aromatic nitrogens is 2. The van der Waals surface area contributed by atoms with Crippen molar-refractivity contribution in [3.63, 3.8) is 0 Å². The van der Waals surface area contributed by atoms with Crippen LogP contribution < -0.4 is 5.32 Å². The summed E-state index contributed by atoms with van der Waals surface area (Å²) in [4.78, 5) is 12.6. The molecule has 4 bridgehead atoms. The van der Waals surface area contributed by atoms with Gasteiger partial charge in [-0.2, -0.15) is 5.10 Å². The minimum Gasteiger partial charge on any atom is -0.351 e. The van der Waals surface area contributed by atoms with Crippen molar-refractivity contribution in [2.24, 2.45) is 23.2 Å². The Morgan fingerprint density at radius 2 is 1.91 bits per heavy atom. The van der Waals surface area contributed by atoms with Gasteiger partial charge < -0.3 is 5.32 Å². The van der Waals surface area contributed by atoms with Gasteiger partial charge >= 0.3 is 0 Å². The maximum atomic E-state index is 12.6. The molecule has 126 valence electrons. The molecule has 4 aliphatic rings. The van der Waals surface area contributed by atoms with Gasteiger partial charge in [0.2, 0.25) is 5.91 Å². The van der Waals surface area contributed by atoms with Gasteiger partial charge in [-0.1, -0.05) is 6.92 Å². The van der Waals surface area contributed by atoms with Crippen LogP contribution in [0.1, 0.15) is 57.6 Å². The zero-order valence-corrected chi connectivity index (χ0v) is 14.4. The van der Waals surface area contributed by atoms with Gasteiger partial charge in [0.25, 0.3) is 0 Å². The summed E-state index contributed by atoms with van der Waals surface area (Å²) in [5.41, 5.74) is 1.43. The minimum atomic E-state index is 0.124. The van der Waals surface area contributed by atoms with E-state index in [1.807, 2.05) is 13.0 Å². The summed E-state index contributed by atoms with van der Waals surface area (Å²) in [6, 6.07) is 2.29. The van der Waals surface area contributed by atoms with Crippen molar-refractivity contribution in [2.45, 2.75) is 71.4 Å². The fourth-order valence-corrected chi connectivity index (χ4v) is 6.23. The van der Waals surface area contributed by atoms with Crippen LogP contribution in [0.15, 0.2) is 12.3 Å². The number of aryl methyl sites for hydroxylation is 1. The summed E-state index contributed by atoms with van der Waals surface area (Å²) in [5.74, 6) is 2.92. The Bertz CT molecular complexity index is 556. The standard InChI is InChI=1S/C19H29N3O/c1-3-17(21-18(23)12-22-13(2)4-5-20-22)19-9-14-6-15(10-19)8-16(7-14)11-19/h4-5,14-17H,3,6-12H2,1-2H3,(H,21,23)/t14?,15?,16?,17-,19?/m1/s1. The summed E-state index contributed by atoms with van der Waals surface area (Å²) in [6.45, 7) is 4.58. The van der Waals surface area contributed by atoms with Crippen molar-refractivity contribution in [1.29, 1.82) is 0 Å². The lowest BCUT2D eigenvalue weighted by Crippen LogP contribution is -2.57. The Labute approximate surface area is 139 Å². The van der Waals surface area contributed by atoms with Crippen molar-refractivity contribution < 1.29 is 4.79 Å². The number of carbonyl (C=O) groups is 1. The second-order valence-electron chi connectivity index (χ2n) is 8.44. The SMILES string of the molecule is CC[C@@H](NC(=O)Cn1nccc1C)C12CC3CC(CC(C3)C1)C2. The molecule has 4 aliphatic carbocycles. The molecule has 4 saturated carbocycles. The predicted octanol–water partition coefficient (Wildman–Crippen LogP) is 3.30. The zero-order valence-electron chi connectivity index (χ0n) is 14.4. The van der Waals surface area contributed by atoms with Gasteiger partial charge in [-0.3, -0.25) is 9.48 Å². The lowest BCUT2D eigenvalue weighted by molar-refractivity contribution is -0.127. The quantitative estimate of drug-likeness (QED) is 0.906. The first-order chi connectivity index (χ1) is 11.1. The lowest BCUT2D eigenvalue weighted by Gasteiger charge is -2.59. The van der Waals surface area contributed by atoms with Gasteiger partial charge in [-0.05, 0) is 81.1 Å². The first-order valence-corrected chi connectivity index (χ1v) is 9.36. The molecular weight excluding hydrogens is 286 g/mol. The molecule has 0 aliphatic heterocycles. The van der Waals surface area contributed by atoms with E-state index in [9.17, 15) is 4.79 Å². The molecule has 1 aromatic rings. The van der Waals surface area contributed by atoms with Gasteiger partial charge in [0.05, 0.1) is 0 Å². The van der Waals surface area contributed by atoms with Crippen LogP contribution in [0.3, 0.4) is 0 Å². The summed E-state index contributed by atoms with van der Waals surface area (Å²) < 4.78 is 1.79. The second kappa shape index (κ2) is 5.64. The molecule has 5 rings (SSSR count). The van der Waals surface area contributed by atoms with E-state index in [0.717, 1.165) is 29.9 Å². The number of hydrogen-bond donors (Lipinski definition) is 1. The molecular formula is C19H29N3O. The molecule has 0 aromatic carbocycles. The first-order valence-electron chi connectivity index (χ1n) is 9.36. The van der Waals surface area contributed by atoms with Crippen LogP contribution in [0, 0.1) is 30.1 Å². The molecule has 0 unspecified atom stereocenters. The van der Waals surface area contributed by atoms with Crippen LogP contribution in [0.2, 0.25) is 0 Å². The maximum Gasteiger partial charge on any atom is 0.241 e. The minimum absolute atomic E-state index is 0.124. The Balaban J connectivity index is 1.46. The Hall–Kier alpha value is -1.32. The van der Waals surface area contributed by atoms with E-state index in [2.05, 4.69) is 17.3 Å². The number of hydrogen-bond acceptors (Lipinski definition) is 2. The molecule has 0 saturated heterocycles. The van der Waals surface area contributed by atoms with E-state index in [-0.39, 0.29) is 5.91 Å². The molecule has 1 N–H and O–H groups in total. The molecule has 1 aromatic heterocycles. The maximum absolute atomic E-state index is 12.6. The fraction of sp³-hybridized carbons (Fsp3) is 0.789. The van der Waals surface area contributed by atoms with Crippen LogP contribution in [0.4, 0.5) is 0 Å². The van der Waals surface area contributed by atoms with Crippen LogP contribution in [-0.2, 0) is 11.3 Å². The number of nitrogens with zero attached hydrogens (tertiary/aromatic N) is 2. The summed E-state index contributed by atoms with van der Waals surface area (Å²) >= 11 is 0. The largest absolute Gasteiger partial charge is 0.351 e. The smallest absolute Gasteiger partial charge is 0.241 e. The average molecular weight is 315 g/mol. The molecule has 23 heavy (non-hydrogen) atoms. The van der Waals surface area contributed by atoms with Gasteiger partial charge in [-0.25, -0.2) is 0 Å². The topological polar surface area (TPSA) is 46.9 Å². The highest BCUT2D eigenvalue weighted by Crippen LogP contribution is 2.61. The van der Waals surface area contributed by atoms with E-state index in [0.29, 0.717) is 18.0 Å². The van der Waals surface area contributed by atoms with E-state index in [1.165, 1.54) is 38.5 Å². The van der Waals surface area contributed by atoms with Crippen LogP contribution >= 0.6 is 0 Å². The molecule has 1 amide bonds. The molecule has 1 heterocycles. The highest BCUT2D eigenvalue weighted by molar-refractivity contribution is 5.76. The van der Waals surface area contributed by atoms with Gasteiger partial charge in [0.15, 0.2) is 0 Å². The van der Waals surface area contributed by atoms with Crippen molar-refractivity contribution in [3.05, 3.63) is 18.0 Å². The molecule has 4 fully saturated rings. The van der Waals surface area contributed by atoms with Crippen molar-refractivity contribution in [1.82, 2.24) is 15.1 Å². The van der Waals surface area contributed by atoms with Crippen molar-refractivity contribution >= 4 is 5.91 Å². The average Bonchev–Trinajstić information content (AvgIpc) is 2.88. The highest BCUT2D eigenvalue weighted by atomic mass is 16.2. The van der Waals surface area contributed by atoms with Gasteiger partial charge in [0.1, 0.15) is 6.54 Å². The van der Waals surface area contributed by atoms with E-state index < -0.39 is 0 Å². The fourth-order valence-electron chi connectivity index (χ4n) is 6.23. The predicted molar refractivity (Wildman–Crippen MR) is 89.8 cm³/mol. The summed E-state index contributed by atoms with van der Waals surface area (Å²) in [5, 5.41) is 7.63. The number of nitrogens with one attached hydrogen (secondary N) is 1. The Morgan fingerprint density at radius 3 is 2.39 bits per heavy atom. The molecule has 4 heteroatoms. The number of amides is 1. The highest BCUT2D eigenvalue weighted by Gasteiger charge is 2.53. The Kier molecular flexibility index (Phi) is 3.73. The number of carbonyl (C=O) groups excluding carboxylic acids is 1. The van der Waals surface area contributed by atoms with Crippen LogP contribution in [-0.4, -0.2) is 21.7 Å². The van der Waals surface area contributed by atoms with E-state index >= 15 is 0 Å². The molecule has 0 spiro atoms.